The zero-order valence-corrected chi connectivity index (χ0v) is 16.0. The highest BCUT2D eigenvalue weighted by Crippen LogP contribution is 2.15. The first-order valence-electron chi connectivity index (χ1n) is 9.06. The van der Waals surface area contributed by atoms with E-state index in [0.717, 1.165) is 16.8 Å². The summed E-state index contributed by atoms with van der Waals surface area (Å²) in [6.07, 6.45) is 1.72. The zero-order chi connectivity index (χ0) is 19.2. The third-order valence-electron chi connectivity index (χ3n) is 4.44. The molecular formula is C21H25N5O. The van der Waals surface area contributed by atoms with E-state index in [1.807, 2.05) is 51.4 Å². The number of rotatable bonds is 7. The first-order chi connectivity index (χ1) is 13.1. The van der Waals surface area contributed by atoms with E-state index in [2.05, 4.69) is 39.5 Å². The molecule has 0 bridgehead atoms. The molecule has 27 heavy (non-hydrogen) atoms. The Morgan fingerprint density at radius 1 is 1.00 bits per heavy atom. The second kappa shape index (κ2) is 8.49. The van der Waals surface area contributed by atoms with Gasteiger partial charge in [0.05, 0.1) is 12.7 Å². The van der Waals surface area contributed by atoms with Gasteiger partial charge in [0.2, 0.25) is 0 Å². The Hall–Kier alpha value is -3.15. The minimum Gasteiger partial charge on any atom is -0.378 e. The average molecular weight is 363 g/mol. The Balaban J connectivity index is 1.67. The number of hydrogen-bond donors (Lipinski definition) is 0. The van der Waals surface area contributed by atoms with E-state index in [9.17, 15) is 4.79 Å². The fourth-order valence-corrected chi connectivity index (χ4v) is 2.85. The minimum atomic E-state index is -0.103. The summed E-state index contributed by atoms with van der Waals surface area (Å²) in [6, 6.07) is 18.2. The van der Waals surface area contributed by atoms with Crippen LogP contribution in [0.4, 0.5) is 5.69 Å². The summed E-state index contributed by atoms with van der Waals surface area (Å²) in [5.41, 5.74) is 3.72. The van der Waals surface area contributed by atoms with Crippen LogP contribution in [0.3, 0.4) is 0 Å². The SMILES string of the molecule is CCN(Cc1ccc(N(C)C)cc1)C(=O)c1cn(Cc2ccccc2)nn1. The molecule has 1 aromatic heterocycles. The molecule has 6 nitrogen and oxygen atoms in total. The van der Waals surface area contributed by atoms with Crippen LogP contribution in [0.25, 0.3) is 0 Å². The summed E-state index contributed by atoms with van der Waals surface area (Å²) in [4.78, 5) is 16.7. The molecule has 0 saturated carbocycles. The van der Waals surface area contributed by atoms with Crippen LogP contribution in [0.2, 0.25) is 0 Å². The van der Waals surface area contributed by atoms with Crippen molar-refractivity contribution in [2.45, 2.75) is 20.0 Å². The van der Waals surface area contributed by atoms with Gasteiger partial charge in [0, 0.05) is 32.9 Å². The second-order valence-corrected chi connectivity index (χ2v) is 6.67. The van der Waals surface area contributed by atoms with E-state index < -0.39 is 0 Å². The quantitative estimate of drug-likeness (QED) is 0.647. The maximum atomic E-state index is 12.8. The molecule has 0 unspecified atom stereocenters. The van der Waals surface area contributed by atoms with Crippen LogP contribution < -0.4 is 4.90 Å². The van der Waals surface area contributed by atoms with Gasteiger partial charge < -0.3 is 9.80 Å². The van der Waals surface area contributed by atoms with Gasteiger partial charge in [-0.15, -0.1) is 5.10 Å². The monoisotopic (exact) mass is 363 g/mol. The number of benzene rings is 2. The highest BCUT2D eigenvalue weighted by atomic mass is 16.2. The lowest BCUT2D eigenvalue weighted by atomic mass is 10.2. The molecule has 1 amide bonds. The van der Waals surface area contributed by atoms with Crippen molar-refractivity contribution in [3.8, 4) is 0 Å². The van der Waals surface area contributed by atoms with E-state index in [0.29, 0.717) is 25.3 Å². The van der Waals surface area contributed by atoms with Crippen LogP contribution in [0.15, 0.2) is 60.8 Å². The molecule has 3 rings (SSSR count). The number of hydrogen-bond acceptors (Lipinski definition) is 4. The fraction of sp³-hybridized carbons (Fsp3) is 0.286. The maximum absolute atomic E-state index is 12.8. The van der Waals surface area contributed by atoms with Crippen LogP contribution in [-0.2, 0) is 13.1 Å². The van der Waals surface area contributed by atoms with E-state index in [-0.39, 0.29) is 5.91 Å². The number of carbonyl (C=O) groups excluding carboxylic acids is 1. The predicted molar refractivity (Wildman–Crippen MR) is 107 cm³/mol. The lowest BCUT2D eigenvalue weighted by molar-refractivity contribution is 0.0746. The molecule has 0 spiro atoms. The molecule has 0 aliphatic carbocycles. The van der Waals surface area contributed by atoms with Gasteiger partial charge in [0.1, 0.15) is 0 Å². The third-order valence-corrected chi connectivity index (χ3v) is 4.44. The van der Waals surface area contributed by atoms with Crippen LogP contribution >= 0.6 is 0 Å². The highest BCUT2D eigenvalue weighted by Gasteiger charge is 2.18. The van der Waals surface area contributed by atoms with Crippen molar-refractivity contribution in [1.82, 2.24) is 19.9 Å². The van der Waals surface area contributed by atoms with Gasteiger partial charge in [-0.3, -0.25) is 4.79 Å². The topological polar surface area (TPSA) is 54.3 Å². The molecule has 0 fully saturated rings. The van der Waals surface area contributed by atoms with Crippen LogP contribution in [0.1, 0.15) is 28.5 Å². The molecular weight excluding hydrogens is 338 g/mol. The second-order valence-electron chi connectivity index (χ2n) is 6.67. The molecule has 140 valence electrons. The normalized spacial score (nSPS) is 10.6. The van der Waals surface area contributed by atoms with Crippen molar-refractivity contribution in [3.05, 3.63) is 77.6 Å². The molecule has 1 heterocycles. The molecule has 0 aliphatic heterocycles. The first-order valence-corrected chi connectivity index (χ1v) is 9.06. The molecule has 0 aliphatic rings. The smallest absolute Gasteiger partial charge is 0.276 e. The Labute approximate surface area is 160 Å². The predicted octanol–water partition coefficient (Wildman–Crippen LogP) is 3.05. The van der Waals surface area contributed by atoms with Crippen molar-refractivity contribution in [1.29, 1.82) is 0 Å². The first kappa shape index (κ1) is 18.6. The van der Waals surface area contributed by atoms with Crippen molar-refractivity contribution in [2.24, 2.45) is 0 Å². The number of carbonyl (C=O) groups is 1. The summed E-state index contributed by atoms with van der Waals surface area (Å²) >= 11 is 0. The van der Waals surface area contributed by atoms with E-state index in [1.165, 1.54) is 0 Å². The van der Waals surface area contributed by atoms with Crippen LogP contribution in [0, 0.1) is 0 Å². The average Bonchev–Trinajstić information content (AvgIpc) is 3.15. The van der Waals surface area contributed by atoms with Gasteiger partial charge in [0.25, 0.3) is 5.91 Å². The van der Waals surface area contributed by atoms with E-state index in [1.54, 1.807) is 15.8 Å². The lowest BCUT2D eigenvalue weighted by Crippen LogP contribution is -2.30. The Kier molecular flexibility index (Phi) is 5.86. The number of nitrogens with zero attached hydrogens (tertiary/aromatic N) is 5. The fourth-order valence-electron chi connectivity index (χ4n) is 2.85. The van der Waals surface area contributed by atoms with Crippen molar-refractivity contribution >= 4 is 11.6 Å². The summed E-state index contributed by atoms with van der Waals surface area (Å²) in [6.45, 7) is 3.73. The van der Waals surface area contributed by atoms with Gasteiger partial charge in [-0.25, -0.2) is 4.68 Å². The number of anilines is 1. The maximum Gasteiger partial charge on any atom is 0.276 e. The summed E-state index contributed by atoms with van der Waals surface area (Å²) in [7, 11) is 4.02. The van der Waals surface area contributed by atoms with Gasteiger partial charge in [-0.2, -0.15) is 0 Å². The Morgan fingerprint density at radius 3 is 2.33 bits per heavy atom. The minimum absolute atomic E-state index is 0.103. The summed E-state index contributed by atoms with van der Waals surface area (Å²) < 4.78 is 1.70. The zero-order valence-electron chi connectivity index (χ0n) is 16.0. The van der Waals surface area contributed by atoms with Crippen LogP contribution in [-0.4, -0.2) is 46.4 Å². The van der Waals surface area contributed by atoms with Crippen molar-refractivity contribution < 1.29 is 4.79 Å². The van der Waals surface area contributed by atoms with Crippen molar-refractivity contribution in [2.75, 3.05) is 25.5 Å². The largest absolute Gasteiger partial charge is 0.378 e. The lowest BCUT2D eigenvalue weighted by Gasteiger charge is -2.20. The Morgan fingerprint density at radius 2 is 1.70 bits per heavy atom. The Bertz CT molecular complexity index is 871. The molecule has 0 atom stereocenters. The molecule has 0 saturated heterocycles. The van der Waals surface area contributed by atoms with Gasteiger partial charge >= 0.3 is 0 Å². The number of aromatic nitrogens is 3. The standard InChI is InChI=1S/C21H25N5O/c1-4-25(14-18-10-12-19(13-11-18)24(2)3)21(27)20-16-26(23-22-20)15-17-8-6-5-7-9-17/h5-13,16H,4,14-15H2,1-3H3. The van der Waals surface area contributed by atoms with Gasteiger partial charge in [-0.05, 0) is 30.2 Å². The van der Waals surface area contributed by atoms with Gasteiger partial charge in [-0.1, -0.05) is 47.7 Å². The summed E-state index contributed by atoms with van der Waals surface area (Å²) in [5, 5.41) is 8.18. The van der Waals surface area contributed by atoms with Crippen LogP contribution in [0.5, 0.6) is 0 Å². The molecule has 0 radical (unpaired) electrons. The van der Waals surface area contributed by atoms with Crippen molar-refractivity contribution in [3.63, 3.8) is 0 Å². The van der Waals surface area contributed by atoms with E-state index in [4.69, 9.17) is 0 Å². The van der Waals surface area contributed by atoms with E-state index >= 15 is 0 Å². The van der Waals surface area contributed by atoms with Gasteiger partial charge in [0.15, 0.2) is 5.69 Å². The molecule has 0 N–H and O–H groups in total. The molecule has 3 aromatic rings. The third kappa shape index (κ3) is 4.73. The highest BCUT2D eigenvalue weighted by molar-refractivity contribution is 5.91. The summed E-state index contributed by atoms with van der Waals surface area (Å²) in [5.74, 6) is -0.103. The number of amides is 1. The molecule has 2 aromatic carbocycles. The molecule has 6 heteroatoms.